The lowest BCUT2D eigenvalue weighted by atomic mass is 9.57. The van der Waals surface area contributed by atoms with E-state index in [1.54, 1.807) is 30.3 Å². The quantitative estimate of drug-likeness (QED) is 0.334. The lowest BCUT2D eigenvalue weighted by molar-refractivity contribution is -0.137. The minimum atomic E-state index is -1.52. The van der Waals surface area contributed by atoms with Crippen LogP contribution in [0.3, 0.4) is 0 Å². The van der Waals surface area contributed by atoms with Crippen molar-refractivity contribution in [3.8, 4) is 5.75 Å². The van der Waals surface area contributed by atoms with Crippen molar-refractivity contribution in [3.05, 3.63) is 101 Å². The zero-order chi connectivity index (χ0) is 27.8. The second-order valence-corrected chi connectivity index (χ2v) is 11.4. The van der Waals surface area contributed by atoms with Crippen LogP contribution in [0.4, 0.5) is 11.4 Å². The van der Waals surface area contributed by atoms with E-state index in [4.69, 9.17) is 16.3 Å². The van der Waals surface area contributed by atoms with Crippen LogP contribution in [-0.4, -0.2) is 41.7 Å². The van der Waals surface area contributed by atoms with Gasteiger partial charge in [-0.25, -0.2) is 0 Å². The number of para-hydroxylation sites is 1. The predicted octanol–water partition coefficient (Wildman–Crippen LogP) is 5.23. The van der Waals surface area contributed by atoms with Gasteiger partial charge in [0.15, 0.2) is 5.78 Å². The normalized spacial score (nSPS) is 27.9. The van der Waals surface area contributed by atoms with Crippen LogP contribution >= 0.6 is 11.6 Å². The lowest BCUT2D eigenvalue weighted by Crippen LogP contribution is -2.62. The molecule has 2 saturated heterocycles. The van der Waals surface area contributed by atoms with Gasteiger partial charge in [0, 0.05) is 22.9 Å². The van der Waals surface area contributed by atoms with Crippen molar-refractivity contribution in [1.82, 2.24) is 4.90 Å². The molecule has 4 aliphatic rings. The van der Waals surface area contributed by atoms with Crippen LogP contribution in [0.2, 0.25) is 5.02 Å². The van der Waals surface area contributed by atoms with Crippen molar-refractivity contribution in [3.63, 3.8) is 0 Å². The number of ether oxygens (including phenoxy) is 1. The molecule has 7 nitrogen and oxygen atoms in total. The smallest absolute Gasteiger partial charge is 0.251 e. The number of ketones is 1. The molecule has 3 aromatic carbocycles. The van der Waals surface area contributed by atoms with Crippen LogP contribution in [0.15, 0.2) is 73.3 Å². The van der Waals surface area contributed by atoms with Crippen molar-refractivity contribution in [2.75, 3.05) is 23.8 Å². The van der Waals surface area contributed by atoms with Crippen molar-refractivity contribution < 1.29 is 19.1 Å². The number of aryl methyl sites for hydroxylation is 1. The van der Waals surface area contributed by atoms with Crippen molar-refractivity contribution in [2.45, 2.75) is 36.8 Å². The Bertz CT molecular complexity index is 1640. The molecule has 4 aliphatic heterocycles. The maximum absolute atomic E-state index is 14.8. The van der Waals surface area contributed by atoms with Gasteiger partial charge in [0.25, 0.3) is 5.91 Å². The van der Waals surface area contributed by atoms with E-state index in [1.165, 1.54) is 0 Å². The number of anilines is 2. The Kier molecular flexibility index (Phi) is 5.50. The summed E-state index contributed by atoms with van der Waals surface area (Å²) in [5.74, 6) is -1.15. The molecular weight excluding hydrogens is 526 g/mol. The third-order valence-corrected chi connectivity index (χ3v) is 9.37. The van der Waals surface area contributed by atoms with Gasteiger partial charge in [-0.15, -0.1) is 0 Å². The fourth-order valence-electron chi connectivity index (χ4n) is 7.85. The lowest BCUT2D eigenvalue weighted by Gasteiger charge is -2.43. The maximum atomic E-state index is 14.8. The highest BCUT2D eigenvalue weighted by molar-refractivity contribution is 6.35. The van der Waals surface area contributed by atoms with Crippen LogP contribution in [-0.2, 0) is 20.5 Å². The van der Waals surface area contributed by atoms with Crippen molar-refractivity contribution in [2.24, 2.45) is 5.92 Å². The Hall–Kier alpha value is -3.94. The monoisotopic (exact) mass is 553 g/mol. The van der Waals surface area contributed by atoms with Gasteiger partial charge >= 0.3 is 0 Å². The number of Topliss-reactive ketones (excluding diaryl/α,β-unsaturated/α-hetero) is 1. The topological polar surface area (TPSA) is 87.7 Å². The molecule has 0 bridgehead atoms. The Morgan fingerprint density at radius 3 is 2.75 bits per heavy atom. The average molecular weight is 554 g/mol. The molecule has 8 heteroatoms. The van der Waals surface area contributed by atoms with Crippen LogP contribution in [0.5, 0.6) is 5.75 Å². The second-order valence-electron chi connectivity index (χ2n) is 11.0. The number of benzene rings is 3. The van der Waals surface area contributed by atoms with Crippen molar-refractivity contribution in [1.29, 1.82) is 0 Å². The molecular formula is C32H28ClN3O4. The van der Waals surface area contributed by atoms with E-state index < -0.39 is 16.9 Å². The molecule has 4 heterocycles. The van der Waals surface area contributed by atoms with Gasteiger partial charge in [0.2, 0.25) is 5.91 Å². The molecule has 202 valence electrons. The highest BCUT2D eigenvalue weighted by Gasteiger charge is 2.81. The van der Waals surface area contributed by atoms with E-state index in [0.29, 0.717) is 58.4 Å². The molecule has 2 spiro atoms. The number of carbonyl (C=O) groups is 3. The van der Waals surface area contributed by atoms with Gasteiger partial charge in [-0.05, 0) is 61.7 Å². The number of amides is 2. The molecule has 0 radical (unpaired) electrons. The summed E-state index contributed by atoms with van der Waals surface area (Å²) in [5, 5.41) is 6.52. The zero-order valence-corrected chi connectivity index (χ0v) is 22.8. The number of rotatable bonds is 5. The summed E-state index contributed by atoms with van der Waals surface area (Å²) in [6.45, 7) is 6.50. The second kappa shape index (κ2) is 8.78. The molecule has 40 heavy (non-hydrogen) atoms. The molecule has 0 aromatic heterocycles. The molecule has 2 fully saturated rings. The first-order chi connectivity index (χ1) is 19.3. The Morgan fingerprint density at radius 2 is 1.93 bits per heavy atom. The van der Waals surface area contributed by atoms with E-state index in [0.717, 1.165) is 12.0 Å². The number of hydrogen-bond acceptors (Lipinski definition) is 5. The summed E-state index contributed by atoms with van der Waals surface area (Å²) >= 11 is 6.71. The van der Waals surface area contributed by atoms with Gasteiger partial charge in [0.1, 0.15) is 23.3 Å². The van der Waals surface area contributed by atoms with Crippen molar-refractivity contribution >= 4 is 40.6 Å². The van der Waals surface area contributed by atoms with Gasteiger partial charge < -0.3 is 15.4 Å². The first kappa shape index (κ1) is 25.1. The Labute approximate surface area is 237 Å². The van der Waals surface area contributed by atoms with Gasteiger partial charge in [-0.1, -0.05) is 60.7 Å². The zero-order valence-electron chi connectivity index (χ0n) is 22.0. The molecule has 3 aromatic rings. The number of fused-ring (bicyclic) bond motifs is 7. The highest BCUT2D eigenvalue weighted by atomic mass is 35.5. The van der Waals surface area contributed by atoms with Gasteiger partial charge in [-0.3, -0.25) is 19.3 Å². The van der Waals surface area contributed by atoms with Gasteiger partial charge in [-0.2, -0.15) is 0 Å². The van der Waals surface area contributed by atoms with E-state index in [2.05, 4.69) is 22.1 Å². The molecule has 2 amide bonds. The van der Waals surface area contributed by atoms with Gasteiger partial charge in [0.05, 0.1) is 16.6 Å². The van der Waals surface area contributed by atoms with E-state index in [9.17, 15) is 14.4 Å². The molecule has 0 unspecified atom stereocenters. The van der Waals surface area contributed by atoms with Crippen LogP contribution in [0, 0.1) is 12.8 Å². The molecule has 0 saturated carbocycles. The van der Waals surface area contributed by atoms with E-state index in [1.807, 2.05) is 43.3 Å². The fraction of sp³-hybridized carbons (Fsp3) is 0.281. The first-order valence-corrected chi connectivity index (χ1v) is 13.9. The largest absolute Gasteiger partial charge is 0.490 e. The SMILES string of the molecule is C=CCOc1cccc(C(=O)[C@@H]2[C@@H]3CCCN3[C@]3(C(=O)Nc4c(Cl)cc(C)cc43)[C@@]23C(=O)Nc2ccccc23)c1. The molecule has 2 N–H and O–H groups in total. The maximum Gasteiger partial charge on any atom is 0.251 e. The number of carbonyl (C=O) groups excluding carboxylic acids is 3. The molecule has 7 rings (SSSR count). The summed E-state index contributed by atoms with van der Waals surface area (Å²) in [4.78, 5) is 46.0. The van der Waals surface area contributed by atoms with Crippen LogP contribution in [0.25, 0.3) is 0 Å². The number of hydrogen-bond donors (Lipinski definition) is 2. The first-order valence-electron chi connectivity index (χ1n) is 13.5. The van der Waals surface area contributed by atoms with Crippen LogP contribution < -0.4 is 15.4 Å². The summed E-state index contributed by atoms with van der Waals surface area (Å²) in [6.07, 6.45) is 3.13. The number of nitrogens with zero attached hydrogens (tertiary/aromatic N) is 1. The minimum Gasteiger partial charge on any atom is -0.490 e. The summed E-state index contributed by atoms with van der Waals surface area (Å²) in [5.41, 5.74) is 0.781. The summed E-state index contributed by atoms with van der Waals surface area (Å²) in [6, 6.07) is 17.9. The average Bonchev–Trinajstić information content (AvgIpc) is 3.66. The summed E-state index contributed by atoms with van der Waals surface area (Å²) in [7, 11) is 0. The fourth-order valence-corrected chi connectivity index (χ4v) is 8.17. The third-order valence-electron chi connectivity index (χ3n) is 9.07. The highest BCUT2D eigenvalue weighted by Crippen LogP contribution is 2.68. The predicted molar refractivity (Wildman–Crippen MR) is 153 cm³/mol. The third kappa shape index (κ3) is 2.96. The minimum absolute atomic E-state index is 0.190. The van der Waals surface area contributed by atoms with E-state index in [-0.39, 0.29) is 23.6 Å². The molecule has 4 atom stereocenters. The van der Waals surface area contributed by atoms with E-state index >= 15 is 0 Å². The Balaban J connectivity index is 1.54. The molecule has 0 aliphatic carbocycles. The number of nitrogens with one attached hydrogen (secondary N) is 2. The Morgan fingerprint density at radius 1 is 1.10 bits per heavy atom. The standard InChI is InChI=1S/C32H28ClN3O4/c1-3-14-40-20-9-6-8-19(17-20)28(37)26-25-12-7-13-36(25)32(22-15-18(2)16-23(33)27(22)35-30(32)39)31(26)21-10-4-5-11-24(21)34-29(31)38/h3-6,8-11,15-17,25-26H,1,7,12-14H2,2H3,(H,34,38)(H,35,39)/t25-,26-,31+,32+/m0/s1. The number of halogens is 1. The summed E-state index contributed by atoms with van der Waals surface area (Å²) < 4.78 is 5.73. The van der Waals surface area contributed by atoms with Crippen LogP contribution in [0.1, 0.15) is 39.9 Å².